The van der Waals surface area contributed by atoms with Crippen molar-refractivity contribution in [2.45, 2.75) is 58.0 Å². The van der Waals surface area contributed by atoms with Crippen molar-refractivity contribution in [2.24, 2.45) is 5.92 Å². The summed E-state index contributed by atoms with van der Waals surface area (Å²) in [5, 5.41) is 3.61. The van der Waals surface area contributed by atoms with Gasteiger partial charge in [-0.2, -0.15) is 0 Å². The lowest BCUT2D eigenvalue weighted by molar-refractivity contribution is 0.140. The summed E-state index contributed by atoms with van der Waals surface area (Å²) in [6, 6.07) is 1.65. The summed E-state index contributed by atoms with van der Waals surface area (Å²) in [5.74, 6) is 0.957. The lowest BCUT2D eigenvalue weighted by Gasteiger charge is -2.35. The Morgan fingerprint density at radius 2 is 1.87 bits per heavy atom. The van der Waals surface area contributed by atoms with E-state index in [0.29, 0.717) is 0 Å². The monoisotopic (exact) mass is 210 g/mol. The summed E-state index contributed by atoms with van der Waals surface area (Å²) in [5.41, 5.74) is 0. The van der Waals surface area contributed by atoms with Crippen molar-refractivity contribution in [1.29, 1.82) is 0 Å². The smallest absolute Gasteiger partial charge is 0.00790 e. The van der Waals surface area contributed by atoms with Gasteiger partial charge in [-0.15, -0.1) is 0 Å². The summed E-state index contributed by atoms with van der Waals surface area (Å²) in [6.45, 7) is 8.65. The van der Waals surface area contributed by atoms with Crippen molar-refractivity contribution in [3.05, 3.63) is 0 Å². The highest BCUT2D eigenvalue weighted by atomic mass is 15.2. The second kappa shape index (κ2) is 5.31. The molecule has 0 bridgehead atoms. The van der Waals surface area contributed by atoms with E-state index in [1.54, 1.807) is 0 Å². The molecule has 1 heterocycles. The van der Waals surface area contributed by atoms with Crippen LogP contribution in [-0.2, 0) is 0 Å². The third-order valence-electron chi connectivity index (χ3n) is 4.01. The van der Waals surface area contributed by atoms with Crippen LogP contribution >= 0.6 is 0 Å². The molecule has 1 aliphatic heterocycles. The van der Waals surface area contributed by atoms with Crippen LogP contribution in [0.4, 0.5) is 0 Å². The first-order valence-electron chi connectivity index (χ1n) is 6.73. The van der Waals surface area contributed by atoms with Crippen molar-refractivity contribution < 1.29 is 0 Å². The molecule has 2 nitrogen and oxygen atoms in total. The molecule has 2 heteroatoms. The van der Waals surface area contributed by atoms with E-state index in [1.165, 1.54) is 51.7 Å². The van der Waals surface area contributed by atoms with Gasteiger partial charge >= 0.3 is 0 Å². The van der Waals surface area contributed by atoms with Crippen molar-refractivity contribution in [1.82, 2.24) is 10.2 Å². The molecule has 0 aromatic heterocycles. The highest BCUT2D eigenvalue weighted by Crippen LogP contribution is 2.20. The molecule has 88 valence electrons. The predicted molar refractivity (Wildman–Crippen MR) is 65.1 cm³/mol. The maximum absolute atomic E-state index is 3.61. The summed E-state index contributed by atoms with van der Waals surface area (Å²) in [4.78, 5) is 2.68. The summed E-state index contributed by atoms with van der Waals surface area (Å²) in [6.07, 6.45) is 6.96. The Morgan fingerprint density at radius 3 is 2.47 bits per heavy atom. The molecule has 2 fully saturated rings. The predicted octanol–water partition coefficient (Wildman–Crippen LogP) is 2.25. The minimum Gasteiger partial charge on any atom is -0.314 e. The molecule has 15 heavy (non-hydrogen) atoms. The Kier molecular flexibility index (Phi) is 4.04. The molecule has 1 aliphatic carbocycles. The van der Waals surface area contributed by atoms with Gasteiger partial charge in [0.25, 0.3) is 0 Å². The SMILES string of the molecule is CC1CCN(C(C)CCNC2CC2)CC1. The number of rotatable bonds is 5. The summed E-state index contributed by atoms with van der Waals surface area (Å²) >= 11 is 0. The van der Waals surface area contributed by atoms with E-state index in [1.807, 2.05) is 0 Å². The standard InChI is InChI=1S/C13H26N2/c1-11-6-9-15(10-7-11)12(2)5-8-14-13-3-4-13/h11-14H,3-10H2,1-2H3. The van der Waals surface area contributed by atoms with Crippen LogP contribution in [-0.4, -0.2) is 36.6 Å². The van der Waals surface area contributed by atoms with Crippen LogP contribution in [0.5, 0.6) is 0 Å². The number of likely N-dealkylation sites (tertiary alicyclic amines) is 1. The van der Waals surface area contributed by atoms with E-state index < -0.39 is 0 Å². The van der Waals surface area contributed by atoms with Gasteiger partial charge in [0.2, 0.25) is 0 Å². The van der Waals surface area contributed by atoms with Crippen molar-refractivity contribution in [3.8, 4) is 0 Å². The zero-order valence-electron chi connectivity index (χ0n) is 10.3. The van der Waals surface area contributed by atoms with Crippen LogP contribution in [0.25, 0.3) is 0 Å². The Bertz CT molecular complexity index is 181. The van der Waals surface area contributed by atoms with E-state index in [2.05, 4.69) is 24.1 Å². The van der Waals surface area contributed by atoms with Crippen LogP contribution < -0.4 is 5.32 Å². The molecular formula is C13H26N2. The fraction of sp³-hybridized carbons (Fsp3) is 1.00. The Hall–Kier alpha value is -0.0800. The molecule has 1 saturated heterocycles. The molecule has 0 radical (unpaired) electrons. The maximum Gasteiger partial charge on any atom is 0.00790 e. The molecule has 2 aliphatic rings. The lowest BCUT2D eigenvalue weighted by atomic mass is 9.97. The number of nitrogens with zero attached hydrogens (tertiary/aromatic N) is 1. The van der Waals surface area contributed by atoms with Crippen molar-refractivity contribution in [2.75, 3.05) is 19.6 Å². The Morgan fingerprint density at radius 1 is 1.20 bits per heavy atom. The van der Waals surface area contributed by atoms with Crippen LogP contribution in [0, 0.1) is 5.92 Å². The van der Waals surface area contributed by atoms with Crippen LogP contribution in [0.2, 0.25) is 0 Å². The highest BCUT2D eigenvalue weighted by Gasteiger charge is 2.22. The third kappa shape index (κ3) is 3.76. The molecular weight excluding hydrogens is 184 g/mol. The van der Waals surface area contributed by atoms with E-state index in [9.17, 15) is 0 Å². The average molecular weight is 210 g/mol. The number of hydrogen-bond acceptors (Lipinski definition) is 2. The van der Waals surface area contributed by atoms with Gasteiger partial charge < -0.3 is 10.2 Å². The first-order valence-corrected chi connectivity index (χ1v) is 6.73. The van der Waals surface area contributed by atoms with E-state index in [0.717, 1.165) is 18.0 Å². The van der Waals surface area contributed by atoms with Gasteiger partial charge in [0, 0.05) is 12.1 Å². The van der Waals surface area contributed by atoms with Crippen LogP contribution in [0.3, 0.4) is 0 Å². The maximum atomic E-state index is 3.61. The van der Waals surface area contributed by atoms with E-state index in [4.69, 9.17) is 0 Å². The van der Waals surface area contributed by atoms with Gasteiger partial charge in [-0.25, -0.2) is 0 Å². The van der Waals surface area contributed by atoms with Gasteiger partial charge in [-0.1, -0.05) is 6.92 Å². The van der Waals surface area contributed by atoms with E-state index in [-0.39, 0.29) is 0 Å². The molecule has 1 N–H and O–H groups in total. The fourth-order valence-electron chi connectivity index (χ4n) is 2.44. The summed E-state index contributed by atoms with van der Waals surface area (Å²) in [7, 11) is 0. The third-order valence-corrected chi connectivity index (χ3v) is 4.01. The van der Waals surface area contributed by atoms with Gasteiger partial charge in [0.05, 0.1) is 0 Å². The number of hydrogen-bond donors (Lipinski definition) is 1. The highest BCUT2D eigenvalue weighted by molar-refractivity contribution is 4.82. The Balaban J connectivity index is 1.59. The minimum atomic E-state index is 0.781. The Labute approximate surface area is 94.4 Å². The summed E-state index contributed by atoms with van der Waals surface area (Å²) < 4.78 is 0. The molecule has 2 rings (SSSR count). The second-order valence-electron chi connectivity index (χ2n) is 5.58. The number of piperidine rings is 1. The fourth-order valence-corrected chi connectivity index (χ4v) is 2.44. The molecule has 1 unspecified atom stereocenters. The van der Waals surface area contributed by atoms with Crippen molar-refractivity contribution >= 4 is 0 Å². The quantitative estimate of drug-likeness (QED) is 0.749. The van der Waals surface area contributed by atoms with Gasteiger partial charge in [-0.05, 0) is 64.6 Å². The second-order valence-corrected chi connectivity index (χ2v) is 5.58. The average Bonchev–Trinajstić information content (AvgIpc) is 3.02. The van der Waals surface area contributed by atoms with Crippen LogP contribution in [0.15, 0.2) is 0 Å². The first kappa shape index (κ1) is 11.4. The number of nitrogens with one attached hydrogen (secondary N) is 1. The zero-order valence-corrected chi connectivity index (χ0v) is 10.3. The van der Waals surface area contributed by atoms with Gasteiger partial charge in [0.1, 0.15) is 0 Å². The topological polar surface area (TPSA) is 15.3 Å². The zero-order chi connectivity index (χ0) is 10.7. The molecule has 0 aromatic carbocycles. The van der Waals surface area contributed by atoms with Gasteiger partial charge in [0.15, 0.2) is 0 Å². The molecule has 1 atom stereocenters. The largest absolute Gasteiger partial charge is 0.314 e. The lowest BCUT2D eigenvalue weighted by Crippen LogP contribution is -2.40. The normalized spacial score (nSPS) is 26.8. The minimum absolute atomic E-state index is 0.781. The van der Waals surface area contributed by atoms with Gasteiger partial charge in [-0.3, -0.25) is 0 Å². The molecule has 0 aromatic rings. The first-order chi connectivity index (χ1) is 7.25. The molecule has 0 amide bonds. The van der Waals surface area contributed by atoms with Crippen molar-refractivity contribution in [3.63, 3.8) is 0 Å². The molecule has 0 spiro atoms. The van der Waals surface area contributed by atoms with Crippen LogP contribution in [0.1, 0.15) is 46.0 Å². The van der Waals surface area contributed by atoms with E-state index >= 15 is 0 Å². The molecule has 1 saturated carbocycles.